The molecule has 0 aromatic rings. The van der Waals surface area contributed by atoms with E-state index in [4.69, 9.17) is 0 Å². The summed E-state index contributed by atoms with van der Waals surface area (Å²) in [5, 5.41) is 0.888. The molecule has 0 N–H and O–H groups in total. The molecule has 1 aliphatic heterocycles. The second-order valence-corrected chi connectivity index (χ2v) is 26.6. The molecule has 5 heteroatoms. The van der Waals surface area contributed by atoms with Crippen molar-refractivity contribution in [2.45, 2.75) is 71.3 Å². The molecule has 2 nitrogen and oxygen atoms in total. The number of hydrogen-bond donors (Lipinski definition) is 0. The van der Waals surface area contributed by atoms with Crippen LogP contribution in [0.4, 0.5) is 0 Å². The summed E-state index contributed by atoms with van der Waals surface area (Å²) in [5.74, 6) is 0. The first-order valence-corrected chi connectivity index (χ1v) is 14.5. The molecule has 1 aliphatic rings. The Bertz CT molecular complexity index is 285. The van der Waals surface area contributed by atoms with E-state index in [9.17, 15) is 0 Å². The fourth-order valence-corrected chi connectivity index (χ4v) is 38.8. The summed E-state index contributed by atoms with van der Waals surface area (Å²) in [7, 11) is -0.230. The Kier molecular flexibility index (Phi) is 4.13. The first-order valence-electron chi connectivity index (χ1n) is 6.57. The van der Waals surface area contributed by atoms with Crippen LogP contribution in [0.25, 0.3) is 0 Å². The Balaban J connectivity index is 3.33. The van der Waals surface area contributed by atoms with Gasteiger partial charge in [-0.15, -0.1) is 0 Å². The molecule has 0 spiro atoms. The zero-order valence-electron chi connectivity index (χ0n) is 13.4. The van der Waals surface area contributed by atoms with E-state index in [1.807, 2.05) is 0 Å². The van der Waals surface area contributed by atoms with E-state index in [1.165, 1.54) is 0 Å². The molecule has 1 fully saturated rings. The molecule has 0 aliphatic carbocycles. The molecule has 0 aromatic heterocycles. The molecule has 0 atom stereocenters. The van der Waals surface area contributed by atoms with Crippen LogP contribution >= 0.6 is 0 Å². The van der Waals surface area contributed by atoms with Crippen molar-refractivity contribution in [1.29, 1.82) is 0 Å². The number of hydrogen-bond acceptors (Lipinski definition) is 2. The van der Waals surface area contributed by atoms with Crippen LogP contribution in [-0.4, -0.2) is 50.6 Å². The van der Waals surface area contributed by atoms with Crippen molar-refractivity contribution in [1.82, 2.24) is 5.24 Å². The molecular formula is C12H30N2Si2Sn. The van der Waals surface area contributed by atoms with E-state index in [0.29, 0.717) is 10.1 Å². The van der Waals surface area contributed by atoms with Gasteiger partial charge in [-0.1, -0.05) is 0 Å². The van der Waals surface area contributed by atoms with Crippen LogP contribution in [0.1, 0.15) is 41.5 Å². The van der Waals surface area contributed by atoms with E-state index in [0.717, 1.165) is 0 Å². The van der Waals surface area contributed by atoms with Gasteiger partial charge in [-0.25, -0.2) is 0 Å². The molecule has 17 heavy (non-hydrogen) atoms. The van der Waals surface area contributed by atoms with Gasteiger partial charge in [0.15, 0.2) is 0 Å². The van der Waals surface area contributed by atoms with E-state index < -0.39 is 38.3 Å². The van der Waals surface area contributed by atoms with Gasteiger partial charge < -0.3 is 0 Å². The summed E-state index contributed by atoms with van der Waals surface area (Å²) < 4.78 is 5.98. The van der Waals surface area contributed by atoms with Gasteiger partial charge in [-0.05, 0) is 0 Å². The van der Waals surface area contributed by atoms with E-state index >= 15 is 0 Å². The first-order chi connectivity index (χ1) is 7.26. The third kappa shape index (κ3) is 2.33. The Morgan fingerprint density at radius 1 is 0.882 bits per heavy atom. The second kappa shape index (κ2) is 4.33. The molecule has 1 heterocycles. The van der Waals surface area contributed by atoms with Crippen molar-refractivity contribution in [3.05, 3.63) is 0 Å². The van der Waals surface area contributed by atoms with Crippen molar-refractivity contribution < 1.29 is 0 Å². The standard InChI is InChI=1S/C12H30N2Si2.Sn/c1-11(2,3)16(13-7,12(4,5)6)14-15(8,9)10;/h1-10H3;/q-2;+2. The third-order valence-electron chi connectivity index (χ3n) is 3.82. The molecule has 0 amide bonds. The topological polar surface area (TPSA) is 6.48 Å². The van der Waals surface area contributed by atoms with Gasteiger partial charge >= 0.3 is 122 Å². The van der Waals surface area contributed by atoms with Crippen molar-refractivity contribution in [3.8, 4) is 0 Å². The zero-order valence-corrected chi connectivity index (χ0v) is 18.2. The monoisotopic (exact) mass is 378 g/mol. The predicted molar refractivity (Wildman–Crippen MR) is 83.9 cm³/mol. The summed E-state index contributed by atoms with van der Waals surface area (Å²) >= 11 is -0.431. The Hall–Kier alpha value is 1.15. The molecule has 0 unspecified atom stereocenters. The van der Waals surface area contributed by atoms with Crippen LogP contribution in [0.5, 0.6) is 0 Å². The van der Waals surface area contributed by atoms with Crippen molar-refractivity contribution >= 4 is 38.3 Å². The maximum absolute atomic E-state index is 3.11. The minimum atomic E-state index is -1.51. The second-order valence-electron chi connectivity index (χ2n) is 8.34. The first kappa shape index (κ1) is 16.2. The summed E-state index contributed by atoms with van der Waals surface area (Å²) in [4.78, 5) is 0. The van der Waals surface area contributed by atoms with Gasteiger partial charge in [0.1, 0.15) is 0 Å². The van der Waals surface area contributed by atoms with Gasteiger partial charge in [0.25, 0.3) is 0 Å². The molecule has 100 valence electrons. The summed E-state index contributed by atoms with van der Waals surface area (Å²) in [6.45, 7) is 22.5. The van der Waals surface area contributed by atoms with Gasteiger partial charge in [0.05, 0.1) is 0 Å². The van der Waals surface area contributed by atoms with Gasteiger partial charge in [-0.2, -0.15) is 0 Å². The summed E-state index contributed by atoms with van der Waals surface area (Å²) in [6.07, 6.45) is 0. The number of nitrogens with zero attached hydrogens (tertiary/aromatic N) is 2. The van der Waals surface area contributed by atoms with E-state index in [-0.39, 0.29) is 0 Å². The maximum atomic E-state index is 3.11. The Morgan fingerprint density at radius 2 is 1.24 bits per heavy atom. The molecule has 0 bridgehead atoms. The summed E-state index contributed by atoms with van der Waals surface area (Å²) in [6, 6.07) is 0. The third-order valence-corrected chi connectivity index (χ3v) is 28.7. The van der Waals surface area contributed by atoms with Gasteiger partial charge in [0.2, 0.25) is 0 Å². The molecule has 0 saturated carbocycles. The minimum absolute atomic E-state index is 0.431. The normalized spacial score (nSPS) is 23.6. The van der Waals surface area contributed by atoms with Crippen LogP contribution in [0.3, 0.4) is 0 Å². The van der Waals surface area contributed by atoms with Crippen molar-refractivity contribution in [2.75, 3.05) is 7.05 Å². The fraction of sp³-hybridized carbons (Fsp3) is 1.00. The fourth-order valence-electron chi connectivity index (χ4n) is 3.84. The van der Waals surface area contributed by atoms with Gasteiger partial charge in [0, 0.05) is 0 Å². The molecule has 1 rings (SSSR count). The Labute approximate surface area is 121 Å². The van der Waals surface area contributed by atoms with Crippen LogP contribution in [0.2, 0.25) is 29.7 Å². The van der Waals surface area contributed by atoms with E-state index in [2.05, 4.69) is 73.5 Å². The number of rotatable bonds is 1. The quantitative estimate of drug-likeness (QED) is 0.644. The molecule has 1 saturated heterocycles. The summed E-state index contributed by atoms with van der Waals surface area (Å²) in [5.41, 5.74) is 0. The van der Waals surface area contributed by atoms with Crippen LogP contribution in [-0.2, 0) is 0 Å². The Morgan fingerprint density at radius 3 is 1.35 bits per heavy atom. The SMILES string of the molecule is C[N]1[Sn][N]([Si](C)(C)C)[Si]1(C(C)(C)C)C(C)(C)C. The average molecular weight is 377 g/mol. The molecule has 0 aromatic carbocycles. The molecular weight excluding hydrogens is 347 g/mol. The molecule has 2 radical (unpaired) electrons. The van der Waals surface area contributed by atoms with Crippen molar-refractivity contribution in [3.63, 3.8) is 0 Å². The van der Waals surface area contributed by atoms with Crippen molar-refractivity contribution in [2.24, 2.45) is 0 Å². The van der Waals surface area contributed by atoms with Gasteiger partial charge in [-0.3, -0.25) is 0 Å². The predicted octanol–water partition coefficient (Wildman–Crippen LogP) is 3.65. The van der Waals surface area contributed by atoms with Crippen LogP contribution in [0, 0.1) is 0 Å². The van der Waals surface area contributed by atoms with Crippen LogP contribution < -0.4 is 0 Å². The van der Waals surface area contributed by atoms with E-state index in [1.54, 1.807) is 0 Å². The average Bonchev–Trinajstić information content (AvgIpc) is 1.91. The van der Waals surface area contributed by atoms with Crippen LogP contribution in [0.15, 0.2) is 0 Å². The zero-order chi connectivity index (χ0) is 13.9.